The van der Waals surface area contributed by atoms with E-state index in [1.54, 1.807) is 17.5 Å². The molecule has 0 saturated carbocycles. The summed E-state index contributed by atoms with van der Waals surface area (Å²) >= 11 is 1.63. The third-order valence-corrected chi connectivity index (χ3v) is 2.49. The predicted molar refractivity (Wildman–Crippen MR) is 50.1 cm³/mol. The van der Waals surface area contributed by atoms with Gasteiger partial charge >= 0.3 is 0 Å². The van der Waals surface area contributed by atoms with Gasteiger partial charge in [-0.15, -0.1) is 11.3 Å². The van der Waals surface area contributed by atoms with E-state index in [9.17, 15) is 0 Å². The van der Waals surface area contributed by atoms with Gasteiger partial charge in [-0.05, 0) is 19.1 Å². The maximum absolute atomic E-state index is 4.34. The molecule has 0 aromatic carbocycles. The van der Waals surface area contributed by atoms with Gasteiger partial charge in [0.05, 0.1) is 5.69 Å². The van der Waals surface area contributed by atoms with Crippen LogP contribution in [0.3, 0.4) is 0 Å². The molecule has 2 aromatic rings. The minimum Gasteiger partial charge on any atom is -0.254 e. The number of aryl methyl sites for hydroxylation is 1. The van der Waals surface area contributed by atoms with E-state index in [-0.39, 0.29) is 0 Å². The van der Waals surface area contributed by atoms with Crippen molar-refractivity contribution >= 4 is 11.3 Å². The van der Waals surface area contributed by atoms with E-state index in [1.807, 2.05) is 30.5 Å². The molecule has 2 heterocycles. The number of hydrogen-bond donors (Lipinski definition) is 0. The lowest BCUT2D eigenvalue weighted by Crippen LogP contribution is -1.79. The lowest BCUT2D eigenvalue weighted by atomic mass is 10.4. The Balaban J connectivity index is 2.45. The fourth-order valence-electron chi connectivity index (χ4n) is 0.961. The maximum atomic E-state index is 4.34. The van der Waals surface area contributed by atoms with E-state index in [0.717, 1.165) is 16.4 Å². The molecule has 0 radical (unpaired) electrons. The van der Waals surface area contributed by atoms with E-state index >= 15 is 0 Å². The second-order valence-electron chi connectivity index (χ2n) is 2.51. The molecule has 0 fully saturated rings. The molecule has 0 bridgehead atoms. The number of aromatic nitrogens is 2. The highest BCUT2D eigenvalue weighted by atomic mass is 32.1. The first kappa shape index (κ1) is 7.43. The Morgan fingerprint density at radius 2 is 2.25 bits per heavy atom. The standard InChI is InChI=1S/C9H8N2S/c1-7-6-12-9(11-7)8-4-2-3-5-10-8/h2-6H,1H3. The van der Waals surface area contributed by atoms with Crippen LogP contribution in [0.2, 0.25) is 0 Å². The van der Waals surface area contributed by atoms with E-state index in [1.165, 1.54) is 0 Å². The summed E-state index contributed by atoms with van der Waals surface area (Å²) in [7, 11) is 0. The molecule has 0 spiro atoms. The Labute approximate surface area is 74.9 Å². The normalized spacial score (nSPS) is 10.1. The van der Waals surface area contributed by atoms with Gasteiger partial charge in [-0.3, -0.25) is 4.98 Å². The topological polar surface area (TPSA) is 25.8 Å². The average Bonchev–Trinajstić information content (AvgIpc) is 2.54. The molecule has 0 aliphatic carbocycles. The first-order valence-electron chi connectivity index (χ1n) is 3.70. The highest BCUT2D eigenvalue weighted by Crippen LogP contribution is 2.20. The van der Waals surface area contributed by atoms with Gasteiger partial charge in [0.1, 0.15) is 5.01 Å². The lowest BCUT2D eigenvalue weighted by molar-refractivity contribution is 1.23. The van der Waals surface area contributed by atoms with Gasteiger partial charge in [-0.25, -0.2) is 4.98 Å². The first-order chi connectivity index (χ1) is 5.86. The third kappa shape index (κ3) is 1.36. The Kier molecular flexibility index (Phi) is 1.87. The number of rotatable bonds is 1. The van der Waals surface area contributed by atoms with Crippen molar-refractivity contribution < 1.29 is 0 Å². The van der Waals surface area contributed by atoms with Crippen LogP contribution in [0.1, 0.15) is 5.69 Å². The molecule has 0 aliphatic heterocycles. The minimum atomic E-state index is 0.954. The van der Waals surface area contributed by atoms with Crippen LogP contribution < -0.4 is 0 Å². The predicted octanol–water partition coefficient (Wildman–Crippen LogP) is 2.51. The summed E-state index contributed by atoms with van der Waals surface area (Å²) in [5.41, 5.74) is 2.01. The molecular weight excluding hydrogens is 168 g/mol. The van der Waals surface area contributed by atoms with Gasteiger partial charge in [0, 0.05) is 17.3 Å². The zero-order valence-corrected chi connectivity index (χ0v) is 7.51. The zero-order valence-electron chi connectivity index (χ0n) is 6.69. The minimum absolute atomic E-state index is 0.954. The summed E-state index contributed by atoms with van der Waals surface area (Å²) in [5.74, 6) is 0. The quantitative estimate of drug-likeness (QED) is 0.667. The van der Waals surface area contributed by atoms with Crippen LogP contribution in [0.25, 0.3) is 10.7 Å². The van der Waals surface area contributed by atoms with Crippen molar-refractivity contribution in [2.24, 2.45) is 0 Å². The zero-order chi connectivity index (χ0) is 8.39. The highest BCUT2D eigenvalue weighted by molar-refractivity contribution is 7.13. The van der Waals surface area contributed by atoms with Crippen LogP contribution in [0.4, 0.5) is 0 Å². The Morgan fingerprint density at radius 3 is 2.83 bits per heavy atom. The lowest BCUT2D eigenvalue weighted by Gasteiger charge is -1.91. The van der Waals surface area contributed by atoms with Gasteiger partial charge in [-0.1, -0.05) is 6.07 Å². The van der Waals surface area contributed by atoms with Gasteiger partial charge in [0.25, 0.3) is 0 Å². The highest BCUT2D eigenvalue weighted by Gasteiger charge is 2.01. The smallest absolute Gasteiger partial charge is 0.142 e. The van der Waals surface area contributed by atoms with E-state index in [0.29, 0.717) is 0 Å². The van der Waals surface area contributed by atoms with Gasteiger partial charge in [0.2, 0.25) is 0 Å². The van der Waals surface area contributed by atoms with Crippen LogP contribution in [0.15, 0.2) is 29.8 Å². The van der Waals surface area contributed by atoms with Crippen LogP contribution >= 0.6 is 11.3 Å². The second kappa shape index (κ2) is 3.03. The van der Waals surface area contributed by atoms with Crippen LogP contribution in [-0.4, -0.2) is 9.97 Å². The third-order valence-electron chi connectivity index (χ3n) is 1.50. The Morgan fingerprint density at radius 1 is 1.33 bits per heavy atom. The van der Waals surface area contributed by atoms with Crippen LogP contribution in [0.5, 0.6) is 0 Å². The average molecular weight is 176 g/mol. The molecule has 0 unspecified atom stereocenters. The van der Waals surface area contributed by atoms with Crippen molar-refractivity contribution in [2.75, 3.05) is 0 Å². The molecule has 60 valence electrons. The molecule has 0 aliphatic rings. The summed E-state index contributed by atoms with van der Waals surface area (Å²) < 4.78 is 0. The molecule has 2 aromatic heterocycles. The van der Waals surface area contributed by atoms with Crippen molar-refractivity contribution in [1.29, 1.82) is 0 Å². The first-order valence-corrected chi connectivity index (χ1v) is 4.58. The van der Waals surface area contributed by atoms with E-state index in [4.69, 9.17) is 0 Å². The van der Waals surface area contributed by atoms with Crippen molar-refractivity contribution in [3.63, 3.8) is 0 Å². The molecular formula is C9H8N2S. The molecule has 2 nitrogen and oxygen atoms in total. The van der Waals surface area contributed by atoms with Crippen molar-refractivity contribution in [3.05, 3.63) is 35.5 Å². The molecule has 3 heteroatoms. The Hall–Kier alpha value is -1.22. The van der Waals surface area contributed by atoms with E-state index < -0.39 is 0 Å². The SMILES string of the molecule is Cc1csc(-c2ccccn2)n1. The van der Waals surface area contributed by atoms with Crippen LogP contribution in [0, 0.1) is 6.92 Å². The van der Waals surface area contributed by atoms with Crippen LogP contribution in [-0.2, 0) is 0 Å². The van der Waals surface area contributed by atoms with Crippen molar-refractivity contribution in [3.8, 4) is 10.7 Å². The van der Waals surface area contributed by atoms with Crippen molar-refractivity contribution in [2.45, 2.75) is 6.92 Å². The monoisotopic (exact) mass is 176 g/mol. The molecule has 0 N–H and O–H groups in total. The van der Waals surface area contributed by atoms with Gasteiger partial charge in [0.15, 0.2) is 0 Å². The summed E-state index contributed by atoms with van der Waals surface area (Å²) in [6.45, 7) is 1.99. The maximum Gasteiger partial charge on any atom is 0.142 e. The Bertz CT molecular complexity index is 367. The van der Waals surface area contributed by atoms with Crippen molar-refractivity contribution in [1.82, 2.24) is 9.97 Å². The second-order valence-corrected chi connectivity index (χ2v) is 3.37. The largest absolute Gasteiger partial charge is 0.254 e. The molecule has 0 saturated heterocycles. The van der Waals surface area contributed by atoms with Gasteiger partial charge < -0.3 is 0 Å². The summed E-state index contributed by atoms with van der Waals surface area (Å²) in [6, 6.07) is 5.85. The molecule has 12 heavy (non-hydrogen) atoms. The summed E-state index contributed by atoms with van der Waals surface area (Å²) in [4.78, 5) is 8.55. The molecule has 0 atom stereocenters. The number of hydrogen-bond acceptors (Lipinski definition) is 3. The number of nitrogens with zero attached hydrogens (tertiary/aromatic N) is 2. The fourth-order valence-corrected chi connectivity index (χ4v) is 1.73. The summed E-state index contributed by atoms with van der Waals surface area (Å²) in [6.07, 6.45) is 1.78. The van der Waals surface area contributed by atoms with Gasteiger partial charge in [-0.2, -0.15) is 0 Å². The number of pyridine rings is 1. The molecule has 0 amide bonds. The summed E-state index contributed by atoms with van der Waals surface area (Å²) in [5, 5.41) is 3.03. The van der Waals surface area contributed by atoms with E-state index in [2.05, 4.69) is 9.97 Å². The molecule has 2 rings (SSSR count). The number of thiazole rings is 1. The fraction of sp³-hybridized carbons (Fsp3) is 0.111.